The Morgan fingerprint density at radius 3 is 2.50 bits per heavy atom. The Kier molecular flexibility index (Phi) is 4.22. The lowest BCUT2D eigenvalue weighted by molar-refractivity contribution is 0.282. The summed E-state index contributed by atoms with van der Waals surface area (Å²) in [6.45, 7) is -0.112. The predicted molar refractivity (Wildman–Crippen MR) is 67.9 cm³/mol. The quantitative estimate of drug-likeness (QED) is 0.910. The van der Waals surface area contributed by atoms with Crippen LogP contribution < -0.4 is 0 Å². The number of rotatable bonds is 3. The zero-order chi connectivity index (χ0) is 13.1. The van der Waals surface area contributed by atoms with Crippen LogP contribution in [0.2, 0.25) is 5.02 Å². The third-order valence-corrected chi connectivity index (χ3v) is 3.83. The van der Waals surface area contributed by atoms with Gasteiger partial charge in [0.2, 0.25) is 0 Å². The third-order valence-electron chi connectivity index (χ3n) is 2.29. The second-order valence-corrected chi connectivity index (χ2v) is 5.09. The summed E-state index contributed by atoms with van der Waals surface area (Å²) in [7, 11) is 0. The van der Waals surface area contributed by atoms with E-state index in [0.29, 0.717) is 15.5 Å². The summed E-state index contributed by atoms with van der Waals surface area (Å²) in [4.78, 5) is 0.784. The molecule has 0 aliphatic rings. The smallest absolute Gasteiger partial charge is 0.137 e. The highest BCUT2D eigenvalue weighted by Crippen LogP contribution is 2.35. The lowest BCUT2D eigenvalue weighted by Gasteiger charge is -2.06. The molecule has 2 aromatic carbocycles. The summed E-state index contributed by atoms with van der Waals surface area (Å²) in [6, 6.07) is 8.22. The lowest BCUT2D eigenvalue weighted by atomic mass is 10.2. The van der Waals surface area contributed by atoms with E-state index in [1.807, 2.05) is 0 Å². The second kappa shape index (κ2) is 5.69. The predicted octanol–water partition coefficient (Wildman–Crippen LogP) is 4.26. The first-order valence-electron chi connectivity index (χ1n) is 5.12. The molecule has 0 saturated heterocycles. The van der Waals surface area contributed by atoms with Crippen molar-refractivity contribution in [1.29, 1.82) is 0 Å². The Hall–Kier alpha value is -1.10. The maximum Gasteiger partial charge on any atom is 0.137 e. The number of hydrogen-bond acceptors (Lipinski definition) is 2. The van der Waals surface area contributed by atoms with Gasteiger partial charge >= 0.3 is 0 Å². The summed E-state index contributed by atoms with van der Waals surface area (Å²) < 4.78 is 26.5. The molecule has 0 aliphatic carbocycles. The lowest BCUT2D eigenvalue weighted by Crippen LogP contribution is -1.86. The van der Waals surface area contributed by atoms with Crippen molar-refractivity contribution < 1.29 is 13.9 Å². The van der Waals surface area contributed by atoms with Crippen LogP contribution in [-0.2, 0) is 6.61 Å². The molecule has 0 aromatic heterocycles. The molecule has 0 bridgehead atoms. The van der Waals surface area contributed by atoms with Crippen molar-refractivity contribution in [2.45, 2.75) is 16.4 Å². The molecule has 5 heteroatoms. The van der Waals surface area contributed by atoms with Gasteiger partial charge in [-0.2, -0.15) is 0 Å². The third kappa shape index (κ3) is 3.02. The first kappa shape index (κ1) is 13.3. The van der Waals surface area contributed by atoms with Crippen molar-refractivity contribution in [3.8, 4) is 0 Å². The van der Waals surface area contributed by atoms with E-state index in [1.165, 1.54) is 0 Å². The molecule has 2 aromatic rings. The molecule has 0 fully saturated rings. The number of benzene rings is 2. The summed E-state index contributed by atoms with van der Waals surface area (Å²) in [5.41, 5.74) is 0.670. The van der Waals surface area contributed by atoms with Crippen LogP contribution >= 0.6 is 23.4 Å². The molecule has 0 radical (unpaired) electrons. The van der Waals surface area contributed by atoms with E-state index >= 15 is 0 Å². The van der Waals surface area contributed by atoms with Gasteiger partial charge in [0.25, 0.3) is 0 Å². The summed E-state index contributed by atoms with van der Waals surface area (Å²) in [5, 5.41) is 9.35. The van der Waals surface area contributed by atoms with Crippen molar-refractivity contribution in [1.82, 2.24) is 0 Å². The van der Waals surface area contributed by atoms with Gasteiger partial charge in [0.15, 0.2) is 0 Å². The van der Waals surface area contributed by atoms with Crippen LogP contribution in [-0.4, -0.2) is 5.11 Å². The second-order valence-electron chi connectivity index (χ2n) is 3.60. The van der Waals surface area contributed by atoms with Crippen molar-refractivity contribution in [3.63, 3.8) is 0 Å². The van der Waals surface area contributed by atoms with E-state index in [9.17, 15) is 8.78 Å². The molecule has 0 unspecified atom stereocenters. The van der Waals surface area contributed by atoms with Crippen molar-refractivity contribution >= 4 is 23.4 Å². The van der Waals surface area contributed by atoms with Gasteiger partial charge in [0.05, 0.1) is 16.5 Å². The molecular formula is C13H9ClF2OS. The highest BCUT2D eigenvalue weighted by molar-refractivity contribution is 7.99. The van der Waals surface area contributed by atoms with Gasteiger partial charge in [-0.3, -0.25) is 0 Å². The maximum absolute atomic E-state index is 13.5. The van der Waals surface area contributed by atoms with Gasteiger partial charge in [0.1, 0.15) is 11.6 Å². The van der Waals surface area contributed by atoms with Crippen molar-refractivity contribution in [2.75, 3.05) is 0 Å². The molecule has 0 atom stereocenters. The zero-order valence-electron chi connectivity index (χ0n) is 9.16. The highest BCUT2D eigenvalue weighted by Gasteiger charge is 2.09. The summed E-state index contributed by atoms with van der Waals surface area (Å²) in [6.07, 6.45) is 0. The van der Waals surface area contributed by atoms with Gasteiger partial charge in [-0.15, -0.1) is 0 Å². The van der Waals surface area contributed by atoms with E-state index in [4.69, 9.17) is 16.7 Å². The fraction of sp³-hybridized carbons (Fsp3) is 0.0769. The van der Waals surface area contributed by atoms with E-state index in [1.54, 1.807) is 18.2 Å². The molecule has 0 heterocycles. The monoisotopic (exact) mass is 286 g/mol. The molecule has 0 spiro atoms. The Bertz CT molecular complexity index is 575. The zero-order valence-corrected chi connectivity index (χ0v) is 10.7. The SMILES string of the molecule is OCc1ccc(Sc2cc(F)ccc2F)c(Cl)c1. The molecule has 1 N–H and O–H groups in total. The Balaban J connectivity index is 2.31. The van der Waals surface area contributed by atoms with Gasteiger partial charge < -0.3 is 5.11 Å². The van der Waals surface area contributed by atoms with Gasteiger partial charge in [-0.1, -0.05) is 29.4 Å². The van der Waals surface area contributed by atoms with Crippen LogP contribution in [0.5, 0.6) is 0 Å². The van der Waals surface area contributed by atoms with Crippen LogP contribution in [0.1, 0.15) is 5.56 Å². The van der Waals surface area contributed by atoms with E-state index in [-0.39, 0.29) is 11.5 Å². The first-order valence-corrected chi connectivity index (χ1v) is 6.32. The Morgan fingerprint density at radius 2 is 1.83 bits per heavy atom. The van der Waals surface area contributed by atoms with E-state index < -0.39 is 11.6 Å². The number of halogens is 3. The van der Waals surface area contributed by atoms with Gasteiger partial charge in [0, 0.05) is 4.90 Å². The van der Waals surface area contributed by atoms with Crippen LogP contribution in [0.25, 0.3) is 0 Å². The summed E-state index contributed by atoms with van der Waals surface area (Å²) >= 11 is 7.05. The number of aliphatic hydroxyl groups is 1. The van der Waals surface area contributed by atoms with E-state index in [2.05, 4.69) is 0 Å². The standard InChI is InChI=1S/C13H9ClF2OS/c14-10-5-8(7-17)1-4-12(10)18-13-6-9(15)2-3-11(13)16/h1-6,17H,7H2. The molecule has 0 saturated carbocycles. The molecular weight excluding hydrogens is 278 g/mol. The minimum atomic E-state index is -0.498. The molecule has 94 valence electrons. The summed E-state index contributed by atoms with van der Waals surface area (Å²) in [5.74, 6) is -0.995. The molecule has 0 aliphatic heterocycles. The first-order chi connectivity index (χ1) is 8.60. The topological polar surface area (TPSA) is 20.2 Å². The molecule has 0 amide bonds. The normalized spacial score (nSPS) is 10.7. The van der Waals surface area contributed by atoms with Crippen LogP contribution in [0, 0.1) is 11.6 Å². The average Bonchev–Trinajstić information content (AvgIpc) is 2.36. The largest absolute Gasteiger partial charge is 0.392 e. The minimum absolute atomic E-state index is 0.112. The van der Waals surface area contributed by atoms with Crippen LogP contribution in [0.3, 0.4) is 0 Å². The van der Waals surface area contributed by atoms with Gasteiger partial charge in [-0.05, 0) is 35.9 Å². The number of aliphatic hydroxyl groups excluding tert-OH is 1. The van der Waals surface area contributed by atoms with Crippen LogP contribution in [0.4, 0.5) is 8.78 Å². The fourth-order valence-electron chi connectivity index (χ4n) is 1.40. The van der Waals surface area contributed by atoms with Gasteiger partial charge in [-0.25, -0.2) is 8.78 Å². The Morgan fingerprint density at radius 1 is 1.06 bits per heavy atom. The Labute approximate surface area is 112 Å². The van der Waals surface area contributed by atoms with Crippen LogP contribution in [0.15, 0.2) is 46.2 Å². The molecule has 1 nitrogen and oxygen atoms in total. The molecule has 2 rings (SSSR count). The molecule has 18 heavy (non-hydrogen) atoms. The average molecular weight is 287 g/mol. The maximum atomic E-state index is 13.5. The van der Waals surface area contributed by atoms with Crippen molar-refractivity contribution in [2.24, 2.45) is 0 Å². The fourth-order valence-corrected chi connectivity index (χ4v) is 2.58. The minimum Gasteiger partial charge on any atom is -0.392 e. The highest BCUT2D eigenvalue weighted by atomic mass is 35.5. The van der Waals surface area contributed by atoms with Crippen molar-refractivity contribution in [3.05, 3.63) is 58.6 Å². The van der Waals surface area contributed by atoms with E-state index in [0.717, 1.165) is 30.0 Å². The number of hydrogen-bond donors (Lipinski definition) is 1.